The maximum atomic E-state index is 13.5. The summed E-state index contributed by atoms with van der Waals surface area (Å²) in [5.41, 5.74) is 4.95. The van der Waals surface area contributed by atoms with Crippen LogP contribution in [-0.4, -0.2) is 31.2 Å². The van der Waals surface area contributed by atoms with Gasteiger partial charge in [0.1, 0.15) is 11.6 Å². The molecule has 6 heteroatoms. The van der Waals surface area contributed by atoms with Crippen molar-refractivity contribution >= 4 is 5.91 Å². The molecule has 1 aromatic carbocycles. The van der Waals surface area contributed by atoms with Crippen LogP contribution < -0.4 is 11.1 Å². The monoisotopic (exact) mass is 270 g/mol. The van der Waals surface area contributed by atoms with Crippen molar-refractivity contribution in [3.8, 4) is 0 Å². The van der Waals surface area contributed by atoms with E-state index in [0.717, 1.165) is 12.1 Å². The van der Waals surface area contributed by atoms with Gasteiger partial charge in [-0.25, -0.2) is 8.78 Å². The van der Waals surface area contributed by atoms with Crippen molar-refractivity contribution in [1.29, 1.82) is 0 Å². The first-order valence-corrected chi connectivity index (χ1v) is 6.12. The van der Waals surface area contributed by atoms with Crippen molar-refractivity contribution in [3.63, 3.8) is 0 Å². The van der Waals surface area contributed by atoms with Gasteiger partial charge in [-0.15, -0.1) is 0 Å². The van der Waals surface area contributed by atoms with Crippen molar-refractivity contribution in [1.82, 2.24) is 5.32 Å². The Morgan fingerprint density at radius 2 is 2.05 bits per heavy atom. The number of halogens is 2. The number of ether oxygens (including phenoxy) is 1. The maximum Gasteiger partial charge on any atom is 0.254 e. The van der Waals surface area contributed by atoms with E-state index in [2.05, 4.69) is 5.32 Å². The Morgan fingerprint density at radius 3 is 2.63 bits per heavy atom. The number of carbonyl (C=O) groups excluding carboxylic acids is 1. The van der Waals surface area contributed by atoms with E-state index in [1.54, 1.807) is 0 Å². The highest BCUT2D eigenvalue weighted by atomic mass is 19.1. The van der Waals surface area contributed by atoms with Crippen LogP contribution in [0.15, 0.2) is 18.2 Å². The lowest BCUT2D eigenvalue weighted by atomic mass is 9.89. The molecule has 1 saturated heterocycles. The summed E-state index contributed by atoms with van der Waals surface area (Å²) in [5, 5.41) is 2.75. The molecular weight excluding hydrogens is 254 g/mol. The molecule has 0 radical (unpaired) electrons. The van der Waals surface area contributed by atoms with E-state index in [1.165, 1.54) is 0 Å². The second-order valence-electron chi connectivity index (χ2n) is 4.68. The van der Waals surface area contributed by atoms with Crippen LogP contribution >= 0.6 is 0 Å². The highest BCUT2D eigenvalue weighted by Gasteiger charge is 2.33. The van der Waals surface area contributed by atoms with Crippen LogP contribution in [0.25, 0.3) is 0 Å². The van der Waals surface area contributed by atoms with E-state index in [0.29, 0.717) is 32.1 Å². The summed E-state index contributed by atoms with van der Waals surface area (Å²) in [6.07, 6.45) is 1.16. The minimum atomic E-state index is -0.878. The van der Waals surface area contributed by atoms with Gasteiger partial charge in [-0.05, 0) is 25.0 Å². The minimum Gasteiger partial charge on any atom is -0.381 e. The molecule has 19 heavy (non-hydrogen) atoms. The molecule has 0 bridgehead atoms. The number of benzene rings is 1. The molecule has 1 fully saturated rings. The molecule has 4 nitrogen and oxygen atoms in total. The summed E-state index contributed by atoms with van der Waals surface area (Å²) in [4.78, 5) is 12.0. The smallest absolute Gasteiger partial charge is 0.254 e. The molecule has 0 saturated carbocycles. The Hall–Kier alpha value is -1.53. The van der Waals surface area contributed by atoms with Gasteiger partial charge < -0.3 is 15.8 Å². The van der Waals surface area contributed by atoms with Crippen LogP contribution in [0, 0.1) is 11.6 Å². The van der Waals surface area contributed by atoms with Gasteiger partial charge in [-0.3, -0.25) is 4.79 Å². The van der Waals surface area contributed by atoms with Crippen molar-refractivity contribution in [2.75, 3.05) is 19.8 Å². The highest BCUT2D eigenvalue weighted by molar-refractivity contribution is 5.95. The first-order valence-electron chi connectivity index (χ1n) is 6.12. The predicted molar refractivity (Wildman–Crippen MR) is 65.7 cm³/mol. The van der Waals surface area contributed by atoms with Gasteiger partial charge in [0, 0.05) is 25.8 Å². The van der Waals surface area contributed by atoms with Gasteiger partial charge in [-0.2, -0.15) is 0 Å². The number of nitrogens with one attached hydrogen (secondary N) is 1. The average molecular weight is 270 g/mol. The van der Waals surface area contributed by atoms with Gasteiger partial charge >= 0.3 is 0 Å². The summed E-state index contributed by atoms with van der Waals surface area (Å²) < 4.78 is 31.6. The van der Waals surface area contributed by atoms with E-state index in [4.69, 9.17) is 10.5 Å². The summed E-state index contributed by atoms with van der Waals surface area (Å²) in [7, 11) is 0. The average Bonchev–Trinajstić information content (AvgIpc) is 2.39. The molecule has 0 atom stereocenters. The fourth-order valence-electron chi connectivity index (χ4n) is 2.12. The third-order valence-electron chi connectivity index (χ3n) is 3.40. The zero-order chi connectivity index (χ0) is 13.9. The number of carbonyl (C=O) groups is 1. The van der Waals surface area contributed by atoms with E-state index in [-0.39, 0.29) is 12.1 Å². The molecule has 0 unspecified atom stereocenters. The van der Waals surface area contributed by atoms with E-state index in [9.17, 15) is 13.6 Å². The number of rotatable bonds is 3. The molecule has 1 aliphatic heterocycles. The quantitative estimate of drug-likeness (QED) is 0.867. The first kappa shape index (κ1) is 13.9. The Kier molecular flexibility index (Phi) is 4.11. The molecular formula is C13H16F2N2O2. The summed E-state index contributed by atoms with van der Waals surface area (Å²) in [6, 6.07) is 2.87. The second kappa shape index (κ2) is 5.63. The summed E-state index contributed by atoms with van der Waals surface area (Å²) in [6.45, 7) is 1.26. The third-order valence-corrected chi connectivity index (χ3v) is 3.40. The van der Waals surface area contributed by atoms with Crippen LogP contribution in [0.5, 0.6) is 0 Å². The van der Waals surface area contributed by atoms with Gasteiger partial charge in [0.15, 0.2) is 0 Å². The zero-order valence-corrected chi connectivity index (χ0v) is 10.4. The van der Waals surface area contributed by atoms with Crippen LogP contribution in [0.2, 0.25) is 0 Å². The molecule has 1 heterocycles. The Bertz CT molecular complexity index is 474. The zero-order valence-electron chi connectivity index (χ0n) is 10.4. The van der Waals surface area contributed by atoms with Crippen molar-refractivity contribution in [2.24, 2.45) is 5.73 Å². The van der Waals surface area contributed by atoms with Crippen LogP contribution in [0.4, 0.5) is 8.78 Å². The standard InChI is InChI=1S/C13H16F2N2O2/c14-9-1-2-10(11(15)7-9)12(18)17-13(8-16)3-5-19-6-4-13/h1-2,7H,3-6,8,16H2,(H,17,18). The van der Waals surface area contributed by atoms with Gasteiger partial charge in [0.2, 0.25) is 0 Å². The van der Waals surface area contributed by atoms with Crippen LogP contribution in [-0.2, 0) is 4.74 Å². The summed E-state index contributed by atoms with van der Waals surface area (Å²) >= 11 is 0. The molecule has 1 aromatic rings. The normalized spacial score (nSPS) is 18.1. The Morgan fingerprint density at radius 1 is 1.37 bits per heavy atom. The molecule has 0 aliphatic carbocycles. The molecule has 3 N–H and O–H groups in total. The first-order chi connectivity index (χ1) is 9.06. The SMILES string of the molecule is NCC1(NC(=O)c2ccc(F)cc2F)CCOCC1. The fraction of sp³-hybridized carbons (Fsp3) is 0.462. The second-order valence-corrected chi connectivity index (χ2v) is 4.68. The lowest BCUT2D eigenvalue weighted by molar-refractivity contribution is 0.0387. The van der Waals surface area contributed by atoms with E-state index >= 15 is 0 Å². The summed E-state index contributed by atoms with van der Waals surface area (Å²) in [5.74, 6) is -2.17. The molecule has 1 amide bonds. The topological polar surface area (TPSA) is 64.3 Å². The molecule has 104 valence electrons. The van der Waals surface area contributed by atoms with Crippen LogP contribution in [0.1, 0.15) is 23.2 Å². The predicted octanol–water partition coefficient (Wildman–Crippen LogP) is 1.20. The minimum absolute atomic E-state index is 0.180. The maximum absolute atomic E-state index is 13.5. The van der Waals surface area contributed by atoms with Gasteiger partial charge in [0.05, 0.1) is 11.1 Å². The molecule has 1 aliphatic rings. The highest BCUT2D eigenvalue weighted by Crippen LogP contribution is 2.20. The Balaban J connectivity index is 2.15. The van der Waals surface area contributed by atoms with Crippen LogP contribution in [0.3, 0.4) is 0 Å². The van der Waals surface area contributed by atoms with E-state index in [1.807, 2.05) is 0 Å². The lowest BCUT2D eigenvalue weighted by Crippen LogP contribution is -2.56. The third kappa shape index (κ3) is 3.08. The molecule has 0 aromatic heterocycles. The largest absolute Gasteiger partial charge is 0.381 e. The van der Waals surface area contributed by atoms with Gasteiger partial charge in [0.25, 0.3) is 5.91 Å². The van der Waals surface area contributed by atoms with Crippen molar-refractivity contribution in [3.05, 3.63) is 35.4 Å². The van der Waals surface area contributed by atoms with E-state index < -0.39 is 23.1 Å². The number of hydrogen-bond donors (Lipinski definition) is 2. The molecule has 2 rings (SSSR count). The number of amides is 1. The van der Waals surface area contributed by atoms with Gasteiger partial charge in [-0.1, -0.05) is 0 Å². The lowest BCUT2D eigenvalue weighted by Gasteiger charge is -2.36. The fourth-order valence-corrected chi connectivity index (χ4v) is 2.12. The molecule has 0 spiro atoms. The van der Waals surface area contributed by atoms with Crippen molar-refractivity contribution < 1.29 is 18.3 Å². The number of hydrogen-bond acceptors (Lipinski definition) is 3. The number of nitrogens with two attached hydrogens (primary N) is 1. The Labute approximate surface area is 109 Å². The van der Waals surface area contributed by atoms with Crippen molar-refractivity contribution in [2.45, 2.75) is 18.4 Å².